The molecule has 5 atom stereocenters. The lowest BCUT2D eigenvalue weighted by Gasteiger charge is -2.44. The molecule has 0 saturated carbocycles. The maximum atomic E-state index is 13.6. The van der Waals surface area contributed by atoms with Crippen molar-refractivity contribution in [1.29, 1.82) is 0 Å². The van der Waals surface area contributed by atoms with E-state index in [0.717, 1.165) is 41.5 Å². The van der Waals surface area contributed by atoms with Gasteiger partial charge in [0.25, 0.3) is 10.0 Å². The van der Waals surface area contributed by atoms with Crippen molar-refractivity contribution < 1.29 is 28.1 Å². The first kappa shape index (κ1) is 32.4. The van der Waals surface area contributed by atoms with Crippen LogP contribution in [0.1, 0.15) is 53.4 Å². The SMILES string of the molecule is O=S(=O)(Nc1cccc(C2O[C@H](CN3CCC[C@H]3CO)[C@@H](c3ccccc3)[C@H](c3ccc(CO)cc3)O2)c1)c1cccc2cccnc12. The molecule has 0 spiro atoms. The average molecular weight is 666 g/mol. The lowest BCUT2D eigenvalue weighted by molar-refractivity contribution is -0.264. The van der Waals surface area contributed by atoms with E-state index in [9.17, 15) is 18.6 Å². The highest BCUT2D eigenvalue weighted by molar-refractivity contribution is 7.93. The van der Waals surface area contributed by atoms with Crippen molar-refractivity contribution in [1.82, 2.24) is 9.88 Å². The Labute approximate surface area is 280 Å². The van der Waals surface area contributed by atoms with Crippen molar-refractivity contribution >= 4 is 26.6 Å². The Balaban J connectivity index is 1.24. The van der Waals surface area contributed by atoms with Gasteiger partial charge in [-0.25, -0.2) is 8.42 Å². The summed E-state index contributed by atoms with van der Waals surface area (Å²) < 4.78 is 43.7. The summed E-state index contributed by atoms with van der Waals surface area (Å²) in [6.07, 6.45) is 1.98. The van der Waals surface area contributed by atoms with Crippen molar-refractivity contribution in [2.75, 3.05) is 24.4 Å². The molecule has 1 aromatic heterocycles. The molecule has 5 aromatic rings. The Kier molecular flexibility index (Phi) is 9.54. The van der Waals surface area contributed by atoms with Gasteiger partial charge in [-0.3, -0.25) is 14.6 Å². The summed E-state index contributed by atoms with van der Waals surface area (Å²) in [6.45, 7) is 1.49. The van der Waals surface area contributed by atoms with Gasteiger partial charge < -0.3 is 19.7 Å². The summed E-state index contributed by atoms with van der Waals surface area (Å²) in [6, 6.07) is 33.8. The molecular formula is C38H39N3O6S. The van der Waals surface area contributed by atoms with Gasteiger partial charge in [0.2, 0.25) is 0 Å². The zero-order chi connectivity index (χ0) is 33.1. The number of para-hydroxylation sites is 1. The fourth-order valence-corrected chi connectivity index (χ4v) is 8.22. The third kappa shape index (κ3) is 6.73. The van der Waals surface area contributed by atoms with Crippen molar-refractivity contribution in [2.45, 2.75) is 54.8 Å². The largest absolute Gasteiger partial charge is 0.395 e. The van der Waals surface area contributed by atoms with Gasteiger partial charge in [0.1, 0.15) is 4.90 Å². The normalized spacial score (nSPS) is 23.3. The standard InChI is InChI=1S/C38H39N3O6S/c42-24-26-16-18-29(19-17-26)37-35(27-8-2-1-3-9-27)33(23-41-21-7-14-32(41)25-43)46-38(47-37)30-11-4-13-31(22-30)40-48(44,45)34-15-5-10-28-12-6-20-39-36(28)34/h1-6,8-13,15-20,22,32-33,35,37-38,40,42-43H,7,14,21,23-25H2/t32-,33+,35+,37-,38?/m0/s1. The molecule has 0 radical (unpaired) electrons. The quantitative estimate of drug-likeness (QED) is 0.168. The molecule has 2 aliphatic heterocycles. The van der Waals surface area contributed by atoms with Crippen LogP contribution in [-0.4, -0.2) is 60.4 Å². The molecule has 248 valence electrons. The van der Waals surface area contributed by atoms with E-state index in [0.29, 0.717) is 23.3 Å². The Bertz CT molecular complexity index is 1950. The fourth-order valence-electron chi connectivity index (χ4n) is 6.99. The van der Waals surface area contributed by atoms with Crippen LogP contribution in [0, 0.1) is 0 Å². The van der Waals surface area contributed by atoms with Gasteiger partial charge in [0.15, 0.2) is 6.29 Å². The van der Waals surface area contributed by atoms with Crippen molar-refractivity contribution in [3.8, 4) is 0 Å². The van der Waals surface area contributed by atoms with Crippen LogP contribution >= 0.6 is 0 Å². The second-order valence-electron chi connectivity index (χ2n) is 12.4. The Morgan fingerprint density at radius 3 is 2.40 bits per heavy atom. The molecule has 9 nitrogen and oxygen atoms in total. The van der Waals surface area contributed by atoms with E-state index in [1.807, 2.05) is 60.7 Å². The number of hydrogen-bond donors (Lipinski definition) is 3. The Morgan fingerprint density at radius 2 is 1.60 bits per heavy atom. The number of nitrogens with one attached hydrogen (secondary N) is 1. The first-order valence-electron chi connectivity index (χ1n) is 16.3. The predicted octanol–water partition coefficient (Wildman–Crippen LogP) is 5.92. The number of ether oxygens (including phenoxy) is 2. The summed E-state index contributed by atoms with van der Waals surface area (Å²) in [4.78, 5) is 6.73. The Morgan fingerprint density at radius 1 is 0.833 bits per heavy atom. The van der Waals surface area contributed by atoms with Crippen LogP contribution in [0.5, 0.6) is 0 Å². The second kappa shape index (κ2) is 14.1. The number of anilines is 1. The first-order valence-corrected chi connectivity index (χ1v) is 17.8. The van der Waals surface area contributed by atoms with Crippen LogP contribution < -0.4 is 4.72 Å². The maximum Gasteiger partial charge on any atom is 0.264 e. The first-order chi connectivity index (χ1) is 23.4. The van der Waals surface area contributed by atoms with Crippen LogP contribution in [-0.2, 0) is 26.1 Å². The number of likely N-dealkylation sites (tertiary alicyclic amines) is 1. The van der Waals surface area contributed by atoms with Gasteiger partial charge in [-0.05, 0) is 60.3 Å². The van der Waals surface area contributed by atoms with Gasteiger partial charge in [-0.2, -0.15) is 0 Å². The highest BCUT2D eigenvalue weighted by atomic mass is 32.2. The minimum atomic E-state index is -3.97. The number of rotatable bonds is 10. The third-order valence-corrected chi connectivity index (χ3v) is 10.8. The monoisotopic (exact) mass is 665 g/mol. The lowest BCUT2D eigenvalue weighted by atomic mass is 9.83. The molecule has 0 amide bonds. The van der Waals surface area contributed by atoms with Gasteiger partial charge in [0, 0.05) is 41.3 Å². The molecule has 48 heavy (non-hydrogen) atoms. The molecule has 4 aromatic carbocycles. The van der Waals surface area contributed by atoms with E-state index in [4.69, 9.17) is 9.47 Å². The van der Waals surface area contributed by atoms with Crippen molar-refractivity contribution in [3.05, 3.63) is 138 Å². The smallest absolute Gasteiger partial charge is 0.264 e. The lowest BCUT2D eigenvalue weighted by Crippen LogP contribution is -2.46. The van der Waals surface area contributed by atoms with Crippen LogP contribution in [0.3, 0.4) is 0 Å². The zero-order valence-electron chi connectivity index (χ0n) is 26.4. The number of hydrogen-bond acceptors (Lipinski definition) is 8. The number of aliphatic hydroxyl groups excluding tert-OH is 2. The molecule has 2 aliphatic rings. The molecule has 10 heteroatoms. The number of aliphatic hydroxyl groups is 2. The molecule has 7 rings (SSSR count). The summed E-state index contributed by atoms with van der Waals surface area (Å²) >= 11 is 0. The van der Waals surface area contributed by atoms with E-state index < -0.39 is 22.4 Å². The molecule has 0 bridgehead atoms. The topological polar surface area (TPSA) is 121 Å². The zero-order valence-corrected chi connectivity index (χ0v) is 27.2. The van der Waals surface area contributed by atoms with Gasteiger partial charge in [0.05, 0.1) is 30.9 Å². The van der Waals surface area contributed by atoms with Crippen LogP contribution in [0.15, 0.2) is 120 Å². The average Bonchev–Trinajstić information content (AvgIpc) is 3.58. The summed E-state index contributed by atoms with van der Waals surface area (Å²) in [5.41, 5.74) is 4.26. The molecule has 2 saturated heterocycles. The van der Waals surface area contributed by atoms with Crippen molar-refractivity contribution in [3.63, 3.8) is 0 Å². The number of fused-ring (bicyclic) bond motifs is 1. The number of benzene rings is 4. The van der Waals surface area contributed by atoms with Crippen LogP contribution in [0.25, 0.3) is 10.9 Å². The van der Waals surface area contributed by atoms with E-state index >= 15 is 0 Å². The summed E-state index contributed by atoms with van der Waals surface area (Å²) in [7, 11) is -3.97. The fraction of sp³-hybridized carbons (Fsp3) is 0.289. The molecule has 3 N–H and O–H groups in total. The molecule has 3 heterocycles. The molecule has 1 unspecified atom stereocenters. The highest BCUT2D eigenvalue weighted by Gasteiger charge is 2.43. The van der Waals surface area contributed by atoms with E-state index in [1.165, 1.54) is 0 Å². The second-order valence-corrected chi connectivity index (χ2v) is 14.1. The number of aromatic nitrogens is 1. The third-order valence-electron chi connectivity index (χ3n) is 9.39. The number of sulfonamides is 1. The predicted molar refractivity (Wildman–Crippen MR) is 184 cm³/mol. The van der Waals surface area contributed by atoms with Gasteiger partial charge >= 0.3 is 0 Å². The van der Waals surface area contributed by atoms with E-state index in [2.05, 4.69) is 26.7 Å². The molecule has 2 fully saturated rings. The Hall–Kier alpha value is -4.16. The maximum absolute atomic E-state index is 13.6. The van der Waals surface area contributed by atoms with Crippen LogP contribution in [0.4, 0.5) is 5.69 Å². The summed E-state index contributed by atoms with van der Waals surface area (Å²) in [5, 5.41) is 20.6. The minimum absolute atomic E-state index is 0.0582. The number of pyridine rings is 1. The minimum Gasteiger partial charge on any atom is -0.395 e. The molecule has 0 aliphatic carbocycles. The number of nitrogens with zero attached hydrogens (tertiary/aromatic N) is 2. The molecular weight excluding hydrogens is 627 g/mol. The van der Waals surface area contributed by atoms with Gasteiger partial charge in [-0.1, -0.05) is 84.9 Å². The van der Waals surface area contributed by atoms with Gasteiger partial charge in [-0.15, -0.1) is 0 Å². The van der Waals surface area contributed by atoms with Crippen molar-refractivity contribution in [2.24, 2.45) is 0 Å². The van der Waals surface area contributed by atoms with E-state index in [-0.39, 0.29) is 36.2 Å². The van der Waals surface area contributed by atoms with E-state index in [1.54, 1.807) is 42.6 Å². The van der Waals surface area contributed by atoms with Crippen LogP contribution in [0.2, 0.25) is 0 Å². The summed E-state index contributed by atoms with van der Waals surface area (Å²) in [5.74, 6) is -0.178. The highest BCUT2D eigenvalue weighted by Crippen LogP contribution is 2.47.